The molecular weight excluding hydrogens is 609 g/mol. The van der Waals surface area contributed by atoms with E-state index in [4.69, 9.17) is 24.1 Å². The molecule has 220 valence electrons. The summed E-state index contributed by atoms with van der Waals surface area (Å²) in [5.41, 5.74) is -2.02. The van der Waals surface area contributed by atoms with Gasteiger partial charge in [0.15, 0.2) is 16.9 Å². The first-order valence-corrected chi connectivity index (χ1v) is 13.4. The molecule has 2 aromatic rings. The number of hydrogen-bond acceptors (Lipinski definition) is 4. The van der Waals surface area contributed by atoms with E-state index in [2.05, 4.69) is 87.7 Å². The highest BCUT2D eigenvalue weighted by molar-refractivity contribution is 7.81. The van der Waals surface area contributed by atoms with Gasteiger partial charge in [0.1, 0.15) is 11.3 Å². The number of carbonyl (C=O) groups excluding carboxylic acids is 1. The molecule has 0 atom stereocenters. The summed E-state index contributed by atoms with van der Waals surface area (Å²) in [5, 5.41) is 17.7. The standard InChI is InChI=1S/C20H14F3N3O2S.C16H3N/c1-24-16-8-5-13(11-15(16)20(21,22)23)25-17(28)19(9-2-10-19)26(18(25)29)12-3-6-14(27)7-4-12;1-2-3-4-5-6-7-8-9-10-11-12-13-14-15-16-17/h3-8,11,27H,2,9-10H2;1H3. The summed E-state index contributed by atoms with van der Waals surface area (Å²) < 4.78 is 40.2. The molecule has 4 rings (SSSR count). The van der Waals surface area contributed by atoms with Crippen molar-refractivity contribution < 1.29 is 23.1 Å². The normalized spacial score (nSPS) is 12.8. The topological polar surface area (TPSA) is 71.9 Å². The minimum absolute atomic E-state index is 0.0210. The second kappa shape index (κ2) is 15.7. The number of halogens is 3. The predicted molar refractivity (Wildman–Crippen MR) is 171 cm³/mol. The summed E-state index contributed by atoms with van der Waals surface area (Å²) in [5.74, 6) is 33.8. The third-order valence-corrected chi connectivity index (χ3v) is 6.66. The lowest BCUT2D eigenvalue weighted by Gasteiger charge is -2.43. The molecule has 10 heteroatoms. The van der Waals surface area contributed by atoms with Crippen molar-refractivity contribution in [2.75, 3.05) is 9.80 Å². The Kier molecular flexibility index (Phi) is 11.5. The minimum atomic E-state index is -4.73. The molecule has 1 aliphatic heterocycles. The van der Waals surface area contributed by atoms with Crippen molar-refractivity contribution in [3.05, 3.63) is 59.4 Å². The van der Waals surface area contributed by atoms with Crippen LogP contribution in [-0.2, 0) is 11.0 Å². The fourth-order valence-electron chi connectivity index (χ4n) is 4.23. The molecule has 0 unspecified atom stereocenters. The summed E-state index contributed by atoms with van der Waals surface area (Å²) in [6.45, 7) is 8.67. The lowest BCUT2D eigenvalue weighted by Crippen LogP contribution is -2.55. The van der Waals surface area contributed by atoms with E-state index in [0.717, 1.165) is 23.5 Å². The molecular formula is C36H17F3N4O2S. The van der Waals surface area contributed by atoms with Gasteiger partial charge in [-0.15, -0.1) is 0 Å². The number of anilines is 2. The third-order valence-electron chi connectivity index (χ3n) is 6.30. The highest BCUT2D eigenvalue weighted by Gasteiger charge is 2.59. The number of alkyl halides is 3. The van der Waals surface area contributed by atoms with E-state index in [9.17, 15) is 23.1 Å². The maximum atomic E-state index is 13.4. The van der Waals surface area contributed by atoms with Gasteiger partial charge in [0, 0.05) is 52.8 Å². The Morgan fingerprint density at radius 2 is 1.37 bits per heavy atom. The zero-order valence-electron chi connectivity index (χ0n) is 23.8. The van der Waals surface area contributed by atoms with Crippen molar-refractivity contribution in [2.45, 2.75) is 37.9 Å². The lowest BCUT2D eigenvalue weighted by molar-refractivity contribution is -0.137. The van der Waals surface area contributed by atoms with Crippen LogP contribution in [0.3, 0.4) is 0 Å². The Balaban J connectivity index is 0.000000292. The number of nitriles is 1. The van der Waals surface area contributed by atoms with Gasteiger partial charge in [-0.2, -0.15) is 18.4 Å². The molecule has 0 aromatic heterocycles. The average molecular weight is 627 g/mol. The summed E-state index contributed by atoms with van der Waals surface area (Å²) in [7, 11) is 0. The van der Waals surface area contributed by atoms with E-state index in [1.165, 1.54) is 18.2 Å². The number of benzene rings is 2. The number of aromatic hydroxyl groups is 1. The molecule has 1 saturated heterocycles. The molecule has 1 N–H and O–H groups in total. The van der Waals surface area contributed by atoms with Gasteiger partial charge >= 0.3 is 6.18 Å². The van der Waals surface area contributed by atoms with E-state index in [1.54, 1.807) is 30.0 Å². The molecule has 1 amide bonds. The number of carbonyl (C=O) groups is 1. The molecule has 0 radical (unpaired) electrons. The van der Waals surface area contributed by atoms with Crippen molar-refractivity contribution in [3.8, 4) is 94.7 Å². The number of nitrogens with zero attached hydrogens (tertiary/aromatic N) is 4. The van der Waals surface area contributed by atoms with Crippen LogP contribution in [0.2, 0.25) is 0 Å². The summed E-state index contributed by atoms with van der Waals surface area (Å²) in [4.78, 5) is 19.0. The molecule has 2 aromatic carbocycles. The molecule has 1 spiro atoms. The molecule has 1 saturated carbocycles. The quantitative estimate of drug-likeness (QED) is 0.268. The van der Waals surface area contributed by atoms with Crippen LogP contribution < -0.4 is 9.80 Å². The van der Waals surface area contributed by atoms with Crippen LogP contribution in [0.15, 0.2) is 42.5 Å². The predicted octanol–water partition coefficient (Wildman–Crippen LogP) is 5.58. The van der Waals surface area contributed by atoms with Crippen molar-refractivity contribution in [1.29, 1.82) is 5.26 Å². The van der Waals surface area contributed by atoms with Crippen LogP contribution in [0.1, 0.15) is 31.7 Å². The van der Waals surface area contributed by atoms with Gasteiger partial charge in [-0.1, -0.05) is 12.0 Å². The van der Waals surface area contributed by atoms with E-state index >= 15 is 0 Å². The van der Waals surface area contributed by atoms with Crippen molar-refractivity contribution in [1.82, 2.24) is 0 Å². The van der Waals surface area contributed by atoms with Gasteiger partial charge in [-0.25, -0.2) is 4.85 Å². The van der Waals surface area contributed by atoms with E-state index in [0.29, 0.717) is 18.5 Å². The first kappa shape index (κ1) is 33.8. The number of amides is 1. The van der Waals surface area contributed by atoms with Gasteiger partial charge < -0.3 is 10.0 Å². The second-order valence-corrected chi connectivity index (χ2v) is 9.32. The smallest absolute Gasteiger partial charge is 0.407 e. The molecule has 2 fully saturated rings. The summed E-state index contributed by atoms with van der Waals surface area (Å²) >= 11 is 5.51. The first-order valence-electron chi connectivity index (χ1n) is 13.0. The Morgan fingerprint density at radius 1 is 0.870 bits per heavy atom. The fraction of sp³-hybridized carbons (Fsp3) is 0.167. The number of hydrogen-bond donors (Lipinski definition) is 1. The van der Waals surface area contributed by atoms with Gasteiger partial charge in [0.05, 0.1) is 12.1 Å². The second-order valence-electron chi connectivity index (χ2n) is 8.96. The van der Waals surface area contributed by atoms with Gasteiger partial charge in [0.2, 0.25) is 0 Å². The van der Waals surface area contributed by atoms with Crippen molar-refractivity contribution in [2.24, 2.45) is 0 Å². The fourth-order valence-corrected chi connectivity index (χ4v) is 4.70. The minimum Gasteiger partial charge on any atom is -0.508 e. The Labute approximate surface area is 270 Å². The first-order chi connectivity index (χ1) is 22.1. The number of rotatable bonds is 2. The molecule has 0 bridgehead atoms. The zero-order chi connectivity index (χ0) is 33.6. The molecule has 2 aliphatic rings. The maximum absolute atomic E-state index is 13.4. The molecule has 6 nitrogen and oxygen atoms in total. The van der Waals surface area contributed by atoms with Crippen LogP contribution in [0.4, 0.5) is 30.2 Å². The maximum Gasteiger partial charge on any atom is 0.407 e. The van der Waals surface area contributed by atoms with Crippen LogP contribution in [0, 0.1) is 101 Å². The largest absolute Gasteiger partial charge is 0.508 e. The van der Waals surface area contributed by atoms with Crippen molar-refractivity contribution in [3.63, 3.8) is 0 Å². The highest BCUT2D eigenvalue weighted by atomic mass is 32.1. The molecule has 1 aliphatic carbocycles. The number of thiocarbonyl (C=S) groups is 1. The zero-order valence-corrected chi connectivity index (χ0v) is 24.7. The van der Waals surface area contributed by atoms with Crippen LogP contribution in [0.25, 0.3) is 4.85 Å². The van der Waals surface area contributed by atoms with Gasteiger partial charge in [-0.3, -0.25) is 9.69 Å². The van der Waals surface area contributed by atoms with Crippen LogP contribution in [0.5, 0.6) is 5.75 Å². The average Bonchev–Trinajstić information content (AvgIpc) is 3.26. The molecule has 1 heterocycles. The Bertz CT molecular complexity index is 2110. The highest BCUT2D eigenvalue weighted by Crippen LogP contribution is 2.49. The van der Waals surface area contributed by atoms with Crippen molar-refractivity contribution >= 4 is 40.3 Å². The lowest BCUT2D eigenvalue weighted by atomic mass is 9.75. The van der Waals surface area contributed by atoms with Gasteiger partial charge in [-0.05, 0) is 110 Å². The summed E-state index contributed by atoms with van der Waals surface area (Å²) in [6.07, 6.45) is -2.89. The summed E-state index contributed by atoms with van der Waals surface area (Å²) in [6, 6.07) is 10.9. The van der Waals surface area contributed by atoms with E-state index < -0.39 is 23.0 Å². The monoisotopic (exact) mass is 626 g/mol. The van der Waals surface area contributed by atoms with E-state index in [1.807, 2.05) is 0 Å². The SMILES string of the molecule is CC#CC#CC#CC#CC#CC#CC#CC#N.[C-]#[N+]c1ccc(N2C(=O)C3(CCC3)N(c3ccc(O)cc3)C2=S)cc1C(F)(F)F. The van der Waals surface area contributed by atoms with Crippen LogP contribution in [-0.4, -0.2) is 21.7 Å². The Morgan fingerprint density at radius 3 is 1.80 bits per heavy atom. The van der Waals surface area contributed by atoms with Crippen LogP contribution >= 0.6 is 12.2 Å². The third kappa shape index (κ3) is 8.01. The number of phenols is 1. The Hall–Kier alpha value is -6.71. The number of phenolic OH excluding ortho intramolecular Hbond substituents is 1. The van der Waals surface area contributed by atoms with E-state index in [-0.39, 0.29) is 22.5 Å². The van der Waals surface area contributed by atoms with Gasteiger partial charge in [0.25, 0.3) is 5.91 Å². The molecule has 46 heavy (non-hydrogen) atoms.